The number of nitrogens with two attached hydrogens (primary N) is 2. The zero-order chi connectivity index (χ0) is 30.8. The number of aromatic amines is 1. The molecule has 4 aromatic heterocycles. The number of ether oxygens (including phenoxy) is 2. The van der Waals surface area contributed by atoms with Gasteiger partial charge in [0.25, 0.3) is 5.56 Å². The predicted octanol–water partition coefficient (Wildman–Crippen LogP) is 0.371. The van der Waals surface area contributed by atoms with Gasteiger partial charge < -0.3 is 25.8 Å². The number of nitrogens with one attached hydrogen (secondary N) is 1. The number of hydrogen-bond donors (Lipinski definition) is 4. The first kappa shape index (κ1) is 29.4. The lowest BCUT2D eigenvalue weighted by atomic mass is 10.2. The van der Waals surface area contributed by atoms with Gasteiger partial charge in [-0.3, -0.25) is 41.5 Å². The molecule has 3 fully saturated rings. The molecule has 0 saturated carbocycles. The van der Waals surface area contributed by atoms with Gasteiger partial charge in [-0.05, 0) is 0 Å². The lowest BCUT2D eigenvalue weighted by Crippen LogP contribution is -2.29. The number of hydrogen-bond acceptors (Lipinski definition) is 17. The van der Waals surface area contributed by atoms with Crippen LogP contribution < -0.4 is 17.0 Å². The SMILES string of the molecule is COP1(=O)OC[C@@H]2C[C@@H](OP(=O)(O)OCC3O[C@@H](n4cnc5c(N)ncnc54)C[C@@H]3O1)[C@H](n1cnc3c(=O)[nH]c(N)nc31)O2. The van der Waals surface area contributed by atoms with Gasteiger partial charge in [0.15, 0.2) is 28.9 Å². The van der Waals surface area contributed by atoms with Crippen LogP contribution in [0.15, 0.2) is 23.8 Å². The van der Waals surface area contributed by atoms with E-state index in [-0.39, 0.29) is 42.4 Å². The van der Waals surface area contributed by atoms with Gasteiger partial charge in [0, 0.05) is 20.0 Å². The highest BCUT2D eigenvalue weighted by atomic mass is 31.2. The van der Waals surface area contributed by atoms with Crippen LogP contribution in [0.3, 0.4) is 0 Å². The Labute approximate surface area is 246 Å². The van der Waals surface area contributed by atoms with E-state index in [4.69, 9.17) is 43.6 Å². The van der Waals surface area contributed by atoms with Crippen LogP contribution in [-0.2, 0) is 41.2 Å². The van der Waals surface area contributed by atoms with Gasteiger partial charge in [-0.15, -0.1) is 0 Å². The van der Waals surface area contributed by atoms with Crippen molar-refractivity contribution in [3.63, 3.8) is 0 Å². The van der Waals surface area contributed by atoms with Crippen molar-refractivity contribution in [1.29, 1.82) is 0 Å². The molecule has 0 amide bonds. The summed E-state index contributed by atoms with van der Waals surface area (Å²) in [5, 5.41) is 0. The van der Waals surface area contributed by atoms with Crippen LogP contribution in [0.1, 0.15) is 25.3 Å². The van der Waals surface area contributed by atoms with Crippen LogP contribution in [0.25, 0.3) is 22.3 Å². The van der Waals surface area contributed by atoms with Crippen molar-refractivity contribution in [1.82, 2.24) is 39.0 Å². The highest BCUT2D eigenvalue weighted by molar-refractivity contribution is 7.48. The number of aromatic nitrogens is 8. The number of phosphoric acid groups is 2. The molecular formula is C21H26N10O11P2. The summed E-state index contributed by atoms with van der Waals surface area (Å²) >= 11 is 0. The minimum absolute atomic E-state index is 0.0231. The van der Waals surface area contributed by atoms with Gasteiger partial charge >= 0.3 is 15.6 Å². The topological polar surface area (TPSA) is 278 Å². The quantitative estimate of drug-likeness (QED) is 0.217. The zero-order valence-electron chi connectivity index (χ0n) is 22.7. The summed E-state index contributed by atoms with van der Waals surface area (Å²) in [5.74, 6) is -0.0189. The Kier molecular flexibility index (Phi) is 7.28. The van der Waals surface area contributed by atoms with E-state index in [1.54, 1.807) is 4.57 Å². The third kappa shape index (κ3) is 5.30. The van der Waals surface area contributed by atoms with Crippen LogP contribution in [0.5, 0.6) is 0 Å². The second-order valence-electron chi connectivity index (χ2n) is 10.1. The molecule has 4 aromatic rings. The Morgan fingerprint density at radius 2 is 1.75 bits per heavy atom. The molecule has 3 unspecified atom stereocenters. The van der Waals surface area contributed by atoms with Gasteiger partial charge in [0.05, 0.1) is 32.0 Å². The molecule has 23 heteroatoms. The summed E-state index contributed by atoms with van der Waals surface area (Å²) < 4.78 is 69.3. The lowest BCUT2D eigenvalue weighted by Gasteiger charge is -2.26. The average molecular weight is 656 g/mol. The summed E-state index contributed by atoms with van der Waals surface area (Å²) in [6, 6.07) is 0. The van der Waals surface area contributed by atoms with E-state index in [0.29, 0.717) is 11.2 Å². The number of nitrogen functional groups attached to an aromatic ring is 2. The number of rotatable bonds is 3. The van der Waals surface area contributed by atoms with Gasteiger partial charge in [0.1, 0.15) is 36.4 Å². The molecule has 6 N–H and O–H groups in total. The maximum atomic E-state index is 13.6. The van der Waals surface area contributed by atoms with Crippen molar-refractivity contribution in [3.8, 4) is 0 Å². The summed E-state index contributed by atoms with van der Waals surface area (Å²) in [6.07, 6.45) is -1.95. The maximum absolute atomic E-state index is 13.6. The Bertz CT molecular complexity index is 1880. The van der Waals surface area contributed by atoms with Crippen LogP contribution in [0.2, 0.25) is 0 Å². The fourth-order valence-corrected chi connectivity index (χ4v) is 7.42. The molecule has 0 aliphatic carbocycles. The summed E-state index contributed by atoms with van der Waals surface area (Å²) in [4.78, 5) is 45.9. The maximum Gasteiger partial charge on any atom is 0.474 e. The summed E-state index contributed by atoms with van der Waals surface area (Å²) in [6.45, 7) is -0.851. The molecule has 0 aromatic carbocycles. The van der Waals surface area contributed by atoms with E-state index >= 15 is 0 Å². The third-order valence-corrected chi connectivity index (χ3v) is 9.78. The Morgan fingerprint density at radius 1 is 0.955 bits per heavy atom. The first-order valence-electron chi connectivity index (χ1n) is 13.1. The van der Waals surface area contributed by atoms with E-state index in [2.05, 4.69) is 29.9 Å². The van der Waals surface area contributed by atoms with Crippen molar-refractivity contribution >= 4 is 49.7 Å². The first-order valence-corrected chi connectivity index (χ1v) is 16.1. The normalized spacial score (nSPS) is 34.9. The first-order chi connectivity index (χ1) is 21.0. The second-order valence-corrected chi connectivity index (χ2v) is 13.2. The molecule has 44 heavy (non-hydrogen) atoms. The number of imidazole rings is 2. The lowest BCUT2D eigenvalue weighted by molar-refractivity contribution is -0.0676. The average Bonchev–Trinajstić information content (AvgIpc) is 3.76. The van der Waals surface area contributed by atoms with Crippen LogP contribution >= 0.6 is 15.6 Å². The zero-order valence-corrected chi connectivity index (χ0v) is 24.5. The molecule has 236 valence electrons. The minimum atomic E-state index is -4.79. The van der Waals surface area contributed by atoms with Gasteiger partial charge in [0.2, 0.25) is 5.95 Å². The van der Waals surface area contributed by atoms with E-state index < -0.39 is 64.7 Å². The Hall–Kier alpha value is -3.36. The molecule has 2 bridgehead atoms. The minimum Gasteiger partial charge on any atom is -0.382 e. The molecule has 7 heterocycles. The third-order valence-electron chi connectivity index (χ3n) is 7.32. The fraction of sp³-hybridized carbons (Fsp3) is 0.524. The number of phosphoric ester groups is 2. The van der Waals surface area contributed by atoms with E-state index in [9.17, 15) is 18.8 Å². The monoisotopic (exact) mass is 656 g/mol. The van der Waals surface area contributed by atoms with Crippen LogP contribution in [-0.4, -0.2) is 88.7 Å². The number of nitrogens with zero attached hydrogens (tertiary/aromatic N) is 7. The molecule has 3 saturated heterocycles. The molecule has 3 aliphatic rings. The molecule has 7 rings (SSSR count). The van der Waals surface area contributed by atoms with Gasteiger partial charge in [-0.2, -0.15) is 4.98 Å². The fourth-order valence-electron chi connectivity index (χ4n) is 5.34. The van der Waals surface area contributed by atoms with Gasteiger partial charge in [-0.1, -0.05) is 0 Å². The smallest absolute Gasteiger partial charge is 0.382 e. The van der Waals surface area contributed by atoms with Crippen molar-refractivity contribution < 1.29 is 46.1 Å². The Morgan fingerprint density at radius 3 is 2.57 bits per heavy atom. The van der Waals surface area contributed by atoms with E-state index in [1.165, 1.54) is 23.5 Å². The molecule has 8 atom stereocenters. The van der Waals surface area contributed by atoms with Crippen molar-refractivity contribution in [2.24, 2.45) is 0 Å². The highest BCUT2D eigenvalue weighted by Crippen LogP contribution is 2.55. The number of H-pyrrole nitrogens is 1. The van der Waals surface area contributed by atoms with Crippen molar-refractivity contribution in [3.05, 3.63) is 29.3 Å². The highest BCUT2D eigenvalue weighted by Gasteiger charge is 2.48. The Balaban J connectivity index is 1.18. The predicted molar refractivity (Wildman–Crippen MR) is 145 cm³/mol. The van der Waals surface area contributed by atoms with Crippen LogP contribution in [0, 0.1) is 0 Å². The number of anilines is 2. The van der Waals surface area contributed by atoms with Crippen LogP contribution in [0.4, 0.5) is 11.8 Å². The van der Waals surface area contributed by atoms with E-state index in [0.717, 1.165) is 7.11 Å². The standard InChI is InChI=1S/C21H26N10O11P2/c1-36-44(35)38-4-9-2-11(20(39-9)31-8-27-15-18(31)28-21(23)29-19(15)32)41-43(33,34)37-5-12-10(42-44)3-13(40-12)30-7-26-14-16(22)24-6-25-17(14)30/h6-13,20H,2-5H2,1H3,(H,33,34)(H2,22,24,25)(H3,23,28,29,32)/t9-,10-,11+,12?,13+,20+,44?/m0/s1. The molecule has 21 nitrogen and oxygen atoms in total. The largest absolute Gasteiger partial charge is 0.474 e. The van der Waals surface area contributed by atoms with Gasteiger partial charge in [-0.25, -0.2) is 29.1 Å². The number of fused-ring (bicyclic) bond motifs is 5. The molecule has 3 aliphatic heterocycles. The van der Waals surface area contributed by atoms with Crippen molar-refractivity contribution in [2.45, 2.75) is 49.7 Å². The molecular weight excluding hydrogens is 630 g/mol. The van der Waals surface area contributed by atoms with E-state index in [1.807, 2.05) is 0 Å². The second kappa shape index (κ2) is 10.9. The summed E-state index contributed by atoms with van der Waals surface area (Å²) in [5.41, 5.74) is 11.7. The molecule has 0 radical (unpaired) electrons. The van der Waals surface area contributed by atoms with Crippen molar-refractivity contribution in [2.75, 3.05) is 31.8 Å². The molecule has 0 spiro atoms. The summed E-state index contributed by atoms with van der Waals surface area (Å²) in [7, 11) is -7.88.